The smallest absolute Gasteiger partial charge is 0.263 e. The lowest BCUT2D eigenvalue weighted by molar-refractivity contribution is -0.141. The van der Waals surface area contributed by atoms with E-state index in [1.54, 1.807) is 6.20 Å². The van der Waals surface area contributed by atoms with E-state index in [9.17, 15) is 4.79 Å². The van der Waals surface area contributed by atoms with Crippen LogP contribution in [0.2, 0.25) is 0 Å². The van der Waals surface area contributed by atoms with Crippen LogP contribution < -0.4 is 10.1 Å². The lowest BCUT2D eigenvalue weighted by atomic mass is 10.0. The second kappa shape index (κ2) is 8.53. The third kappa shape index (κ3) is 4.48. The van der Waals surface area contributed by atoms with Crippen LogP contribution in [0.1, 0.15) is 49.4 Å². The van der Waals surface area contributed by atoms with Gasteiger partial charge in [-0.2, -0.15) is 0 Å². The molecular formula is C22H29N3O2. The summed E-state index contributed by atoms with van der Waals surface area (Å²) in [5.41, 5.74) is 3.30. The highest BCUT2D eigenvalue weighted by Crippen LogP contribution is 2.29. The van der Waals surface area contributed by atoms with E-state index in [4.69, 9.17) is 4.74 Å². The van der Waals surface area contributed by atoms with Crippen molar-refractivity contribution in [1.82, 2.24) is 15.2 Å². The summed E-state index contributed by atoms with van der Waals surface area (Å²) in [5.74, 6) is 1.16. The first-order valence-corrected chi connectivity index (χ1v) is 9.65. The Morgan fingerprint density at radius 3 is 2.81 bits per heavy atom. The monoisotopic (exact) mass is 367 g/mol. The molecular weight excluding hydrogens is 338 g/mol. The lowest BCUT2D eigenvalue weighted by Crippen LogP contribution is -2.52. The van der Waals surface area contributed by atoms with Crippen molar-refractivity contribution in [1.29, 1.82) is 0 Å². The largest absolute Gasteiger partial charge is 0.481 e. The Labute approximate surface area is 161 Å². The number of piperazine rings is 1. The van der Waals surface area contributed by atoms with Crippen LogP contribution in [0, 0.1) is 6.92 Å². The Bertz CT molecular complexity index is 776. The molecule has 5 heteroatoms. The molecule has 3 rings (SSSR count). The molecule has 1 aliphatic heterocycles. The Morgan fingerprint density at radius 2 is 2.11 bits per heavy atom. The van der Waals surface area contributed by atoms with Crippen molar-refractivity contribution >= 4 is 5.91 Å². The van der Waals surface area contributed by atoms with Gasteiger partial charge in [-0.15, -0.1) is 0 Å². The quantitative estimate of drug-likeness (QED) is 0.879. The van der Waals surface area contributed by atoms with Gasteiger partial charge in [-0.25, -0.2) is 0 Å². The molecule has 1 saturated heterocycles. The number of nitrogens with one attached hydrogen (secondary N) is 1. The average molecular weight is 367 g/mol. The van der Waals surface area contributed by atoms with Crippen LogP contribution in [-0.2, 0) is 4.79 Å². The fourth-order valence-corrected chi connectivity index (χ4v) is 3.53. The van der Waals surface area contributed by atoms with Crippen molar-refractivity contribution < 1.29 is 9.53 Å². The fraction of sp³-hybridized carbons (Fsp3) is 0.455. The molecule has 1 amide bonds. The minimum Gasteiger partial charge on any atom is -0.481 e. The molecule has 2 unspecified atom stereocenters. The van der Waals surface area contributed by atoms with Gasteiger partial charge < -0.3 is 15.0 Å². The van der Waals surface area contributed by atoms with Gasteiger partial charge in [0, 0.05) is 32.0 Å². The van der Waals surface area contributed by atoms with E-state index < -0.39 is 6.10 Å². The molecule has 0 saturated carbocycles. The van der Waals surface area contributed by atoms with Gasteiger partial charge in [0.05, 0.1) is 6.04 Å². The van der Waals surface area contributed by atoms with E-state index in [-0.39, 0.29) is 11.9 Å². The first kappa shape index (κ1) is 19.4. The summed E-state index contributed by atoms with van der Waals surface area (Å²) in [4.78, 5) is 19.3. The Kier molecular flexibility index (Phi) is 6.11. The van der Waals surface area contributed by atoms with Crippen LogP contribution in [-0.4, -0.2) is 41.5 Å². The van der Waals surface area contributed by atoms with Crippen LogP contribution in [0.15, 0.2) is 42.7 Å². The minimum absolute atomic E-state index is 0.0153. The maximum Gasteiger partial charge on any atom is 0.263 e. The van der Waals surface area contributed by atoms with Gasteiger partial charge in [-0.1, -0.05) is 32.0 Å². The predicted molar refractivity (Wildman–Crippen MR) is 107 cm³/mol. The van der Waals surface area contributed by atoms with Crippen LogP contribution in [0.4, 0.5) is 0 Å². The number of hydrogen-bond donors (Lipinski definition) is 1. The zero-order chi connectivity index (χ0) is 19.4. The van der Waals surface area contributed by atoms with Crippen molar-refractivity contribution in [2.45, 2.75) is 45.8 Å². The molecule has 0 radical (unpaired) electrons. The zero-order valence-electron chi connectivity index (χ0n) is 16.6. The summed E-state index contributed by atoms with van der Waals surface area (Å²) in [6.45, 7) is 10.3. The highest BCUT2D eigenvalue weighted by Gasteiger charge is 2.32. The summed E-state index contributed by atoms with van der Waals surface area (Å²) < 4.78 is 6.16. The molecule has 5 nitrogen and oxygen atoms in total. The van der Waals surface area contributed by atoms with Crippen molar-refractivity contribution in [2.24, 2.45) is 0 Å². The average Bonchev–Trinajstić information content (AvgIpc) is 2.68. The van der Waals surface area contributed by atoms with Crippen molar-refractivity contribution in [3.63, 3.8) is 0 Å². The summed E-state index contributed by atoms with van der Waals surface area (Å²) in [7, 11) is 0. The lowest BCUT2D eigenvalue weighted by Gasteiger charge is -2.37. The van der Waals surface area contributed by atoms with Gasteiger partial charge in [-0.05, 0) is 48.6 Å². The fourth-order valence-electron chi connectivity index (χ4n) is 3.53. The number of aryl methyl sites for hydroxylation is 1. The highest BCUT2D eigenvalue weighted by atomic mass is 16.5. The minimum atomic E-state index is -0.540. The maximum absolute atomic E-state index is 13.2. The molecule has 2 heterocycles. The van der Waals surface area contributed by atoms with E-state index in [0.29, 0.717) is 12.5 Å². The predicted octanol–water partition coefficient (Wildman–Crippen LogP) is 3.45. The molecule has 144 valence electrons. The Hall–Kier alpha value is -2.40. The summed E-state index contributed by atoms with van der Waals surface area (Å²) >= 11 is 0. The molecule has 0 bridgehead atoms. The number of ether oxygens (including phenoxy) is 1. The van der Waals surface area contributed by atoms with Crippen LogP contribution >= 0.6 is 0 Å². The SMILES string of the molecule is Cc1ccc(C(C)C)c(OC(C)C(=O)N2CCNCC2c2cccnc2)c1. The Balaban J connectivity index is 1.79. The number of nitrogens with zero attached hydrogens (tertiary/aromatic N) is 2. The number of hydrogen-bond acceptors (Lipinski definition) is 4. The van der Waals surface area contributed by atoms with Gasteiger partial charge in [-0.3, -0.25) is 9.78 Å². The van der Waals surface area contributed by atoms with E-state index in [1.165, 1.54) is 0 Å². The van der Waals surface area contributed by atoms with Crippen LogP contribution in [0.3, 0.4) is 0 Å². The van der Waals surface area contributed by atoms with Gasteiger partial charge in [0.25, 0.3) is 5.91 Å². The number of rotatable bonds is 5. The van der Waals surface area contributed by atoms with Crippen molar-refractivity contribution in [3.05, 3.63) is 59.4 Å². The van der Waals surface area contributed by atoms with Crippen molar-refractivity contribution in [2.75, 3.05) is 19.6 Å². The normalized spacial score (nSPS) is 18.4. The van der Waals surface area contributed by atoms with Crippen LogP contribution in [0.5, 0.6) is 5.75 Å². The van der Waals surface area contributed by atoms with E-state index in [2.05, 4.69) is 36.3 Å². The molecule has 1 aromatic carbocycles. The number of carbonyl (C=O) groups is 1. The van der Waals surface area contributed by atoms with Gasteiger partial charge >= 0.3 is 0 Å². The zero-order valence-corrected chi connectivity index (χ0v) is 16.6. The number of benzene rings is 1. The molecule has 1 fully saturated rings. The topological polar surface area (TPSA) is 54.5 Å². The maximum atomic E-state index is 13.2. The number of pyridine rings is 1. The van der Waals surface area contributed by atoms with Crippen LogP contribution in [0.25, 0.3) is 0 Å². The van der Waals surface area contributed by atoms with Gasteiger partial charge in [0.15, 0.2) is 6.10 Å². The van der Waals surface area contributed by atoms with Gasteiger partial charge in [0.1, 0.15) is 5.75 Å². The molecule has 0 aliphatic carbocycles. The number of aromatic nitrogens is 1. The Morgan fingerprint density at radius 1 is 1.30 bits per heavy atom. The standard InChI is InChI=1S/C22H29N3O2/c1-15(2)19-8-7-16(3)12-21(19)27-17(4)22(26)25-11-10-24-14-20(25)18-6-5-9-23-13-18/h5-9,12-13,15,17,20,24H,10-11,14H2,1-4H3. The molecule has 2 aromatic rings. The summed E-state index contributed by atoms with van der Waals surface area (Å²) in [6.07, 6.45) is 3.05. The second-order valence-electron chi connectivity index (χ2n) is 7.49. The molecule has 1 N–H and O–H groups in total. The molecule has 1 aliphatic rings. The van der Waals surface area contributed by atoms with Gasteiger partial charge in [0.2, 0.25) is 0 Å². The highest BCUT2D eigenvalue weighted by molar-refractivity contribution is 5.81. The van der Waals surface area contributed by atoms with E-state index in [0.717, 1.165) is 35.5 Å². The first-order chi connectivity index (χ1) is 13.0. The first-order valence-electron chi connectivity index (χ1n) is 9.65. The molecule has 0 spiro atoms. The number of carbonyl (C=O) groups excluding carboxylic acids is 1. The molecule has 27 heavy (non-hydrogen) atoms. The second-order valence-corrected chi connectivity index (χ2v) is 7.49. The van der Waals surface area contributed by atoms with E-state index >= 15 is 0 Å². The molecule has 2 atom stereocenters. The van der Waals surface area contributed by atoms with Crippen molar-refractivity contribution in [3.8, 4) is 5.75 Å². The summed E-state index contributed by atoms with van der Waals surface area (Å²) in [6, 6.07) is 10.1. The number of amides is 1. The third-order valence-electron chi connectivity index (χ3n) is 5.04. The van der Waals surface area contributed by atoms with E-state index in [1.807, 2.05) is 43.1 Å². The summed E-state index contributed by atoms with van der Waals surface area (Å²) in [5, 5.41) is 3.38. The molecule has 1 aromatic heterocycles. The third-order valence-corrected chi connectivity index (χ3v) is 5.04.